The smallest absolute Gasteiger partial charge is 0.162 e. The first-order valence-corrected chi connectivity index (χ1v) is 5.70. The Morgan fingerprint density at radius 1 is 1.30 bits per heavy atom. The molecule has 0 aliphatic heterocycles. The molecule has 0 radical (unpaired) electrons. The van der Waals surface area contributed by atoms with Crippen molar-refractivity contribution in [2.45, 2.75) is 6.61 Å². The van der Waals surface area contributed by atoms with Crippen LogP contribution in [0.1, 0.15) is 5.76 Å². The first-order valence-electron chi connectivity index (χ1n) is 5.70. The predicted molar refractivity (Wildman–Crippen MR) is 70.8 cm³/mol. The van der Waals surface area contributed by atoms with Crippen LogP contribution in [0.15, 0.2) is 46.6 Å². The molecule has 0 bridgehead atoms. The number of nitrogens with one attached hydrogen (secondary N) is 1. The van der Waals surface area contributed by atoms with Crippen LogP contribution in [-0.2, 0) is 6.61 Å². The second-order valence-electron chi connectivity index (χ2n) is 3.84. The Balaban J connectivity index is 2.13. The molecular weight excluding hydrogens is 256 g/mol. The molecule has 1 aromatic heterocycles. The average molecular weight is 266 g/mol. The Morgan fingerprint density at radius 2 is 2.00 bits per heavy atom. The molecular formula is C14H10N4O2. The maximum absolute atomic E-state index is 8.91. The number of nitrogens with zero attached hydrogens (tertiary/aromatic N) is 3. The second-order valence-corrected chi connectivity index (χ2v) is 3.84. The van der Waals surface area contributed by atoms with Gasteiger partial charge in [-0.1, -0.05) is 17.3 Å². The van der Waals surface area contributed by atoms with Crippen molar-refractivity contribution in [1.29, 1.82) is 10.5 Å². The standard InChI is InChI=1S/C14H10N4O2/c15-6-10(7-16)8-17-12-3-1-11(2-4-12)14-5-13(9-19)20-18-14/h1-5,8,17,19H,9H2. The van der Waals surface area contributed by atoms with E-state index in [2.05, 4.69) is 10.5 Å². The van der Waals surface area contributed by atoms with Crippen LogP contribution in [0.25, 0.3) is 11.3 Å². The number of hydrogen-bond acceptors (Lipinski definition) is 6. The van der Waals surface area contributed by atoms with Crippen molar-refractivity contribution in [2.24, 2.45) is 0 Å². The quantitative estimate of drug-likeness (QED) is 0.821. The molecule has 98 valence electrons. The van der Waals surface area contributed by atoms with Crippen molar-refractivity contribution >= 4 is 5.69 Å². The van der Waals surface area contributed by atoms with E-state index < -0.39 is 0 Å². The summed E-state index contributed by atoms with van der Waals surface area (Å²) in [6, 6.07) is 12.4. The fraction of sp³-hybridized carbons (Fsp3) is 0.0714. The third-order valence-electron chi connectivity index (χ3n) is 2.52. The fourth-order valence-electron chi connectivity index (χ4n) is 1.51. The van der Waals surface area contributed by atoms with Crippen LogP contribution in [0.4, 0.5) is 5.69 Å². The summed E-state index contributed by atoms with van der Waals surface area (Å²) in [7, 11) is 0. The summed E-state index contributed by atoms with van der Waals surface area (Å²) < 4.78 is 4.91. The van der Waals surface area contributed by atoms with E-state index in [0.717, 1.165) is 11.3 Å². The minimum atomic E-state index is -0.192. The highest BCUT2D eigenvalue weighted by atomic mass is 16.5. The molecule has 0 aliphatic rings. The Labute approximate surface area is 115 Å². The van der Waals surface area contributed by atoms with Gasteiger partial charge in [0.15, 0.2) is 5.76 Å². The number of rotatable bonds is 4. The van der Waals surface area contributed by atoms with Gasteiger partial charge in [0.2, 0.25) is 0 Å². The van der Waals surface area contributed by atoms with Gasteiger partial charge in [0.25, 0.3) is 0 Å². The topological polar surface area (TPSA) is 106 Å². The summed E-state index contributed by atoms with van der Waals surface area (Å²) in [4.78, 5) is 0. The molecule has 0 spiro atoms. The van der Waals surface area contributed by atoms with Crippen LogP contribution in [0.5, 0.6) is 0 Å². The maximum atomic E-state index is 8.91. The highest BCUT2D eigenvalue weighted by Crippen LogP contribution is 2.21. The number of anilines is 1. The van der Waals surface area contributed by atoms with Gasteiger partial charge >= 0.3 is 0 Å². The van der Waals surface area contributed by atoms with Crippen LogP contribution < -0.4 is 5.32 Å². The lowest BCUT2D eigenvalue weighted by atomic mass is 10.1. The van der Waals surface area contributed by atoms with Crippen LogP contribution in [0, 0.1) is 22.7 Å². The summed E-state index contributed by atoms with van der Waals surface area (Å²) in [5, 5.41) is 32.8. The lowest BCUT2D eigenvalue weighted by Gasteiger charge is -2.01. The van der Waals surface area contributed by atoms with E-state index in [-0.39, 0.29) is 12.2 Å². The summed E-state index contributed by atoms with van der Waals surface area (Å²) in [6.07, 6.45) is 1.34. The van der Waals surface area contributed by atoms with Gasteiger partial charge in [-0.05, 0) is 12.1 Å². The SMILES string of the molecule is N#CC(C#N)=CNc1ccc(-c2cc(CO)on2)cc1. The molecule has 2 rings (SSSR count). The van der Waals surface area contributed by atoms with E-state index >= 15 is 0 Å². The molecule has 0 saturated carbocycles. The Kier molecular flexibility index (Phi) is 4.13. The third kappa shape index (κ3) is 3.02. The van der Waals surface area contributed by atoms with Crippen LogP contribution in [0.3, 0.4) is 0 Å². The number of benzene rings is 1. The van der Waals surface area contributed by atoms with Gasteiger partial charge in [-0.3, -0.25) is 0 Å². The van der Waals surface area contributed by atoms with Crippen LogP contribution >= 0.6 is 0 Å². The molecule has 0 atom stereocenters. The van der Waals surface area contributed by atoms with Crippen molar-refractivity contribution < 1.29 is 9.63 Å². The van der Waals surface area contributed by atoms with Crippen LogP contribution in [-0.4, -0.2) is 10.3 Å². The number of allylic oxidation sites excluding steroid dienone is 1. The Hall–Kier alpha value is -3.09. The zero-order valence-electron chi connectivity index (χ0n) is 10.4. The minimum Gasteiger partial charge on any atom is -0.388 e. The number of aromatic nitrogens is 1. The van der Waals surface area contributed by atoms with Gasteiger partial charge in [-0.15, -0.1) is 0 Å². The van der Waals surface area contributed by atoms with Crippen LogP contribution in [0.2, 0.25) is 0 Å². The van der Waals surface area contributed by atoms with Gasteiger partial charge < -0.3 is 14.9 Å². The van der Waals surface area contributed by atoms with Crippen molar-refractivity contribution in [3.63, 3.8) is 0 Å². The Bertz CT molecular complexity index is 686. The van der Waals surface area contributed by atoms with E-state index in [9.17, 15) is 0 Å². The van der Waals surface area contributed by atoms with E-state index in [1.807, 2.05) is 12.1 Å². The van der Waals surface area contributed by atoms with E-state index in [0.29, 0.717) is 11.5 Å². The van der Waals surface area contributed by atoms with Gasteiger partial charge in [0.05, 0.1) is 0 Å². The second kappa shape index (κ2) is 6.19. The highest BCUT2D eigenvalue weighted by Gasteiger charge is 2.05. The molecule has 1 heterocycles. The number of aliphatic hydroxyl groups is 1. The molecule has 6 nitrogen and oxygen atoms in total. The number of aliphatic hydroxyl groups excluding tert-OH is 1. The van der Waals surface area contributed by atoms with E-state index in [4.69, 9.17) is 20.2 Å². The highest BCUT2D eigenvalue weighted by molar-refractivity contribution is 5.63. The minimum absolute atomic E-state index is 0.00170. The predicted octanol–water partition coefficient (Wildman–Crippen LogP) is 2.18. The molecule has 0 unspecified atom stereocenters. The van der Waals surface area contributed by atoms with Crippen molar-refractivity contribution in [1.82, 2.24) is 5.16 Å². The van der Waals surface area contributed by atoms with Gasteiger partial charge in [0, 0.05) is 23.5 Å². The summed E-state index contributed by atoms with van der Waals surface area (Å²) in [6.45, 7) is -0.192. The third-order valence-corrected chi connectivity index (χ3v) is 2.52. The number of hydrogen-bond donors (Lipinski definition) is 2. The zero-order valence-corrected chi connectivity index (χ0v) is 10.4. The molecule has 0 saturated heterocycles. The summed E-state index contributed by atoms with van der Waals surface area (Å²) in [5.74, 6) is 0.401. The zero-order chi connectivity index (χ0) is 14.4. The molecule has 0 fully saturated rings. The van der Waals surface area contributed by atoms with Gasteiger partial charge in [0.1, 0.15) is 30.0 Å². The Morgan fingerprint density at radius 3 is 2.55 bits per heavy atom. The first kappa shape index (κ1) is 13.3. The molecule has 20 heavy (non-hydrogen) atoms. The van der Waals surface area contributed by atoms with Crippen molar-refractivity contribution in [3.8, 4) is 23.4 Å². The largest absolute Gasteiger partial charge is 0.388 e. The van der Waals surface area contributed by atoms with E-state index in [1.165, 1.54) is 6.20 Å². The monoisotopic (exact) mass is 266 g/mol. The van der Waals surface area contributed by atoms with E-state index in [1.54, 1.807) is 30.3 Å². The first-order chi connectivity index (χ1) is 9.76. The van der Waals surface area contributed by atoms with Gasteiger partial charge in [-0.2, -0.15) is 10.5 Å². The maximum Gasteiger partial charge on any atom is 0.162 e. The molecule has 0 amide bonds. The molecule has 1 aromatic carbocycles. The average Bonchev–Trinajstić information content (AvgIpc) is 2.98. The molecule has 0 aliphatic carbocycles. The molecule has 6 heteroatoms. The fourth-order valence-corrected chi connectivity index (χ4v) is 1.51. The molecule has 2 aromatic rings. The summed E-state index contributed by atoms with van der Waals surface area (Å²) in [5.41, 5.74) is 2.20. The van der Waals surface area contributed by atoms with Gasteiger partial charge in [-0.25, -0.2) is 0 Å². The number of nitriles is 2. The normalized spacial score (nSPS) is 9.35. The van der Waals surface area contributed by atoms with Crippen molar-refractivity contribution in [2.75, 3.05) is 5.32 Å². The van der Waals surface area contributed by atoms with Crippen molar-refractivity contribution in [3.05, 3.63) is 47.9 Å². The molecule has 2 N–H and O–H groups in total. The lowest BCUT2D eigenvalue weighted by molar-refractivity contribution is 0.229. The lowest BCUT2D eigenvalue weighted by Crippen LogP contribution is -1.89. The summed E-state index contributed by atoms with van der Waals surface area (Å²) >= 11 is 0.